The lowest BCUT2D eigenvalue weighted by molar-refractivity contribution is 0.0864. The van der Waals surface area contributed by atoms with Gasteiger partial charge in [0.1, 0.15) is 18.9 Å². The minimum atomic E-state index is -0.514. The molecule has 1 saturated carbocycles. The molecule has 0 aliphatic heterocycles. The topological polar surface area (TPSA) is 67.3 Å². The Morgan fingerprint density at radius 2 is 2.42 bits per heavy atom. The summed E-state index contributed by atoms with van der Waals surface area (Å²) in [6, 6.07) is 0.483. The molecule has 0 radical (unpaired) electrons. The zero-order chi connectivity index (χ0) is 13.7. The molecule has 1 aromatic heterocycles. The van der Waals surface area contributed by atoms with Crippen LogP contribution in [0.3, 0.4) is 0 Å². The van der Waals surface area contributed by atoms with Crippen molar-refractivity contribution in [1.82, 2.24) is 14.1 Å². The third-order valence-electron chi connectivity index (χ3n) is 3.87. The maximum absolute atomic E-state index is 9.92. The molecule has 1 aromatic rings. The van der Waals surface area contributed by atoms with E-state index < -0.39 is 6.10 Å². The maximum Gasteiger partial charge on any atom is 0.245 e. The Balaban J connectivity index is 1.69. The van der Waals surface area contributed by atoms with Gasteiger partial charge in [-0.1, -0.05) is 26.7 Å². The first kappa shape index (κ1) is 14.7. The third-order valence-corrected chi connectivity index (χ3v) is 4.33. The van der Waals surface area contributed by atoms with Gasteiger partial charge in [-0.15, -0.1) is 4.37 Å². The van der Waals surface area contributed by atoms with Crippen LogP contribution in [0.2, 0.25) is 0 Å². The molecule has 1 aliphatic rings. The van der Waals surface area contributed by atoms with E-state index in [0.717, 1.165) is 11.7 Å². The summed E-state index contributed by atoms with van der Waals surface area (Å²) in [5.74, 6) is 0.488. The van der Waals surface area contributed by atoms with Crippen LogP contribution >= 0.6 is 11.7 Å². The Hall–Kier alpha value is -0.720. The monoisotopic (exact) mass is 285 g/mol. The molecular formula is C13H23N3O2S. The van der Waals surface area contributed by atoms with Gasteiger partial charge in [-0.05, 0) is 18.3 Å². The summed E-state index contributed by atoms with van der Waals surface area (Å²) in [7, 11) is 0. The van der Waals surface area contributed by atoms with E-state index in [1.807, 2.05) is 0 Å². The summed E-state index contributed by atoms with van der Waals surface area (Å²) in [6.07, 6.45) is 6.08. The van der Waals surface area contributed by atoms with Crippen molar-refractivity contribution in [2.45, 2.75) is 51.7 Å². The van der Waals surface area contributed by atoms with E-state index in [9.17, 15) is 5.11 Å². The smallest absolute Gasteiger partial charge is 0.245 e. The van der Waals surface area contributed by atoms with E-state index in [4.69, 9.17) is 4.74 Å². The number of aromatic nitrogens is 2. The standard InChI is InChI=1S/C13H23N3O2S/c1-13(2)6-4-3-5-11(13)14-7-10(17)9-18-12-8-15-19-16-12/h8,10-11,14,17H,3-7,9H2,1-2H3. The number of hydrogen-bond acceptors (Lipinski definition) is 6. The number of rotatable bonds is 6. The van der Waals surface area contributed by atoms with Gasteiger partial charge < -0.3 is 15.2 Å². The lowest BCUT2D eigenvalue weighted by Crippen LogP contribution is -2.47. The van der Waals surface area contributed by atoms with Crippen LogP contribution in [0.15, 0.2) is 6.20 Å². The van der Waals surface area contributed by atoms with E-state index in [0.29, 0.717) is 23.9 Å². The Labute approximate surface area is 118 Å². The molecule has 6 heteroatoms. The molecule has 2 unspecified atom stereocenters. The molecule has 1 heterocycles. The van der Waals surface area contributed by atoms with Gasteiger partial charge >= 0.3 is 0 Å². The third kappa shape index (κ3) is 4.40. The second kappa shape index (κ2) is 6.63. The first-order valence-corrected chi connectivity index (χ1v) is 7.63. The van der Waals surface area contributed by atoms with Crippen LogP contribution in [0.25, 0.3) is 0 Å². The predicted molar refractivity (Wildman–Crippen MR) is 75.5 cm³/mol. The number of aliphatic hydroxyl groups excluding tert-OH is 1. The van der Waals surface area contributed by atoms with Crippen LogP contribution in [0.5, 0.6) is 5.88 Å². The van der Waals surface area contributed by atoms with E-state index in [2.05, 4.69) is 27.9 Å². The summed E-state index contributed by atoms with van der Waals surface area (Å²) in [6.45, 7) is 5.42. The van der Waals surface area contributed by atoms with E-state index in [1.165, 1.54) is 25.7 Å². The van der Waals surface area contributed by atoms with Crippen molar-refractivity contribution in [1.29, 1.82) is 0 Å². The molecule has 19 heavy (non-hydrogen) atoms. The SMILES string of the molecule is CC1(C)CCCCC1NCC(O)COc1cnsn1. The van der Waals surface area contributed by atoms with Crippen LogP contribution in [-0.2, 0) is 0 Å². The van der Waals surface area contributed by atoms with Crippen molar-refractivity contribution < 1.29 is 9.84 Å². The number of ether oxygens (including phenoxy) is 1. The Morgan fingerprint density at radius 3 is 3.11 bits per heavy atom. The first-order chi connectivity index (χ1) is 9.08. The zero-order valence-electron chi connectivity index (χ0n) is 11.6. The molecule has 0 spiro atoms. The average molecular weight is 285 g/mol. The van der Waals surface area contributed by atoms with Gasteiger partial charge in [-0.2, -0.15) is 4.37 Å². The van der Waals surface area contributed by atoms with Gasteiger partial charge in [-0.3, -0.25) is 0 Å². The van der Waals surface area contributed by atoms with Crippen LogP contribution in [0, 0.1) is 5.41 Å². The lowest BCUT2D eigenvalue weighted by Gasteiger charge is -2.39. The largest absolute Gasteiger partial charge is 0.473 e. The highest BCUT2D eigenvalue weighted by atomic mass is 32.1. The molecule has 0 amide bonds. The fourth-order valence-corrected chi connectivity index (χ4v) is 2.98. The van der Waals surface area contributed by atoms with Crippen molar-refractivity contribution >= 4 is 11.7 Å². The molecule has 2 N–H and O–H groups in total. The molecule has 5 nitrogen and oxygen atoms in total. The number of hydrogen-bond donors (Lipinski definition) is 2. The second-order valence-corrected chi connectivity index (χ2v) is 6.46. The van der Waals surface area contributed by atoms with Crippen molar-refractivity contribution in [2.24, 2.45) is 5.41 Å². The van der Waals surface area contributed by atoms with Gasteiger partial charge in [-0.25, -0.2) is 0 Å². The van der Waals surface area contributed by atoms with Gasteiger partial charge in [0.2, 0.25) is 5.88 Å². The summed E-state index contributed by atoms with van der Waals surface area (Å²) in [4.78, 5) is 0. The van der Waals surface area contributed by atoms with Crippen LogP contribution in [0.4, 0.5) is 0 Å². The molecular weight excluding hydrogens is 262 g/mol. The molecule has 2 atom stereocenters. The van der Waals surface area contributed by atoms with Crippen molar-refractivity contribution in [3.8, 4) is 5.88 Å². The number of nitrogens with zero attached hydrogens (tertiary/aromatic N) is 2. The van der Waals surface area contributed by atoms with Crippen LogP contribution in [-0.4, -0.2) is 39.2 Å². The predicted octanol–water partition coefficient (Wildman–Crippen LogP) is 1.84. The molecule has 1 aliphatic carbocycles. The van der Waals surface area contributed by atoms with E-state index in [-0.39, 0.29) is 6.61 Å². The average Bonchev–Trinajstić information content (AvgIpc) is 2.87. The maximum atomic E-state index is 9.92. The minimum Gasteiger partial charge on any atom is -0.473 e. The quantitative estimate of drug-likeness (QED) is 0.835. The van der Waals surface area contributed by atoms with Crippen molar-refractivity contribution in [3.63, 3.8) is 0 Å². The van der Waals surface area contributed by atoms with E-state index in [1.54, 1.807) is 6.20 Å². The van der Waals surface area contributed by atoms with Crippen LogP contribution < -0.4 is 10.1 Å². The summed E-state index contributed by atoms with van der Waals surface area (Å²) >= 11 is 1.10. The summed E-state index contributed by atoms with van der Waals surface area (Å²) < 4.78 is 13.1. The van der Waals surface area contributed by atoms with Gasteiger partial charge in [0.15, 0.2) is 0 Å². The molecule has 1 fully saturated rings. The van der Waals surface area contributed by atoms with E-state index >= 15 is 0 Å². The zero-order valence-corrected chi connectivity index (χ0v) is 12.4. The molecule has 0 aromatic carbocycles. The van der Waals surface area contributed by atoms with Gasteiger partial charge in [0, 0.05) is 12.6 Å². The fourth-order valence-electron chi connectivity index (χ4n) is 2.61. The highest BCUT2D eigenvalue weighted by molar-refractivity contribution is 6.99. The van der Waals surface area contributed by atoms with Gasteiger partial charge in [0.25, 0.3) is 0 Å². The van der Waals surface area contributed by atoms with Crippen LogP contribution in [0.1, 0.15) is 39.5 Å². The first-order valence-electron chi connectivity index (χ1n) is 6.90. The molecule has 0 bridgehead atoms. The number of nitrogens with one attached hydrogen (secondary N) is 1. The molecule has 2 rings (SSSR count). The lowest BCUT2D eigenvalue weighted by atomic mass is 9.73. The summed E-state index contributed by atoms with van der Waals surface area (Å²) in [5, 5.41) is 13.4. The highest BCUT2D eigenvalue weighted by Gasteiger charge is 2.31. The minimum absolute atomic E-state index is 0.256. The fraction of sp³-hybridized carbons (Fsp3) is 0.846. The molecule has 0 saturated heterocycles. The number of aliphatic hydroxyl groups is 1. The summed E-state index contributed by atoms with van der Waals surface area (Å²) in [5.41, 5.74) is 0.317. The van der Waals surface area contributed by atoms with Crippen molar-refractivity contribution in [2.75, 3.05) is 13.2 Å². The Kier molecular flexibility index (Phi) is 5.13. The highest BCUT2D eigenvalue weighted by Crippen LogP contribution is 2.35. The van der Waals surface area contributed by atoms with Crippen molar-refractivity contribution in [3.05, 3.63) is 6.20 Å². The van der Waals surface area contributed by atoms with Gasteiger partial charge in [0.05, 0.1) is 11.7 Å². The molecule has 108 valence electrons. The Morgan fingerprint density at radius 1 is 1.58 bits per heavy atom. The normalized spacial score (nSPS) is 24.1. The second-order valence-electron chi connectivity index (χ2n) is 5.91. The Bertz CT molecular complexity index is 370.